The number of hydrogen-bond acceptors (Lipinski definition) is 3. The molecule has 27 heavy (non-hydrogen) atoms. The van der Waals surface area contributed by atoms with Crippen molar-refractivity contribution in [3.05, 3.63) is 79.3 Å². The van der Waals surface area contributed by atoms with Gasteiger partial charge in [0.15, 0.2) is 0 Å². The number of rotatable bonds is 2. The van der Waals surface area contributed by atoms with Gasteiger partial charge in [-0.1, -0.05) is 41.7 Å². The minimum absolute atomic E-state index is 0.0762. The van der Waals surface area contributed by atoms with Gasteiger partial charge in [0, 0.05) is 36.8 Å². The van der Waals surface area contributed by atoms with Crippen LogP contribution in [0.25, 0.3) is 11.1 Å². The standard InChI is InChI=1S/C22H17BN4/c1-3-4-12-21(24-2)27-22-18(11-8-14-26-22)19-16-25-15-13-20(19)23(27)17-9-6-5-7-10-17/h1,4-16H,2H3/b12-4-,24-21?. The minimum atomic E-state index is -0.0762. The third-order valence-electron chi connectivity index (χ3n) is 4.63. The highest BCUT2D eigenvalue weighted by Crippen LogP contribution is 2.33. The average Bonchev–Trinajstić information content (AvgIpc) is 2.74. The predicted octanol–water partition coefficient (Wildman–Crippen LogP) is 2.29. The first kappa shape index (κ1) is 16.8. The Bertz CT molecular complexity index is 1070. The van der Waals surface area contributed by atoms with Gasteiger partial charge in [-0.3, -0.25) is 9.98 Å². The summed E-state index contributed by atoms with van der Waals surface area (Å²) in [4.78, 5) is 15.7. The molecular weight excluding hydrogens is 331 g/mol. The normalized spacial score (nSPS) is 13.3. The lowest BCUT2D eigenvalue weighted by Crippen LogP contribution is -2.61. The van der Waals surface area contributed by atoms with E-state index in [1.807, 2.05) is 42.7 Å². The number of fused-ring (bicyclic) bond motifs is 3. The Hall–Kier alpha value is -3.65. The van der Waals surface area contributed by atoms with Crippen LogP contribution in [0.2, 0.25) is 0 Å². The lowest BCUT2D eigenvalue weighted by molar-refractivity contribution is 1.23. The van der Waals surface area contributed by atoms with Gasteiger partial charge in [0.2, 0.25) is 0 Å². The molecular formula is C22H17BN4. The lowest BCUT2D eigenvalue weighted by atomic mass is 9.46. The maximum Gasteiger partial charge on any atom is 0.331 e. The van der Waals surface area contributed by atoms with Crippen molar-refractivity contribution in [3.63, 3.8) is 0 Å². The van der Waals surface area contributed by atoms with E-state index in [1.165, 1.54) is 0 Å². The summed E-state index contributed by atoms with van der Waals surface area (Å²) in [6.45, 7) is -0.0762. The molecule has 2 aromatic heterocycles. The summed E-state index contributed by atoms with van der Waals surface area (Å²) in [5.41, 5.74) is 4.42. The number of nitrogens with zero attached hydrogens (tertiary/aromatic N) is 4. The lowest BCUT2D eigenvalue weighted by Gasteiger charge is -2.37. The van der Waals surface area contributed by atoms with E-state index in [-0.39, 0.29) is 6.85 Å². The zero-order valence-electron chi connectivity index (χ0n) is 14.9. The van der Waals surface area contributed by atoms with Crippen LogP contribution in [0, 0.1) is 12.3 Å². The first-order valence-corrected chi connectivity index (χ1v) is 8.68. The predicted molar refractivity (Wildman–Crippen MR) is 113 cm³/mol. The SMILES string of the molecule is C#C/C=C\C(=NC)N1B(c2ccccc2)c2ccncc2-c2cccnc21. The summed E-state index contributed by atoms with van der Waals surface area (Å²) in [6.07, 6.45) is 14.5. The number of benzene rings is 1. The first-order chi connectivity index (χ1) is 13.3. The van der Waals surface area contributed by atoms with Gasteiger partial charge in [-0.15, -0.1) is 6.42 Å². The van der Waals surface area contributed by atoms with Gasteiger partial charge in [-0.05, 0) is 35.8 Å². The second-order valence-corrected chi connectivity index (χ2v) is 6.10. The molecule has 0 aliphatic carbocycles. The second-order valence-electron chi connectivity index (χ2n) is 6.10. The summed E-state index contributed by atoms with van der Waals surface area (Å²) in [5.74, 6) is 4.15. The molecule has 0 amide bonds. The fraction of sp³-hybridized carbons (Fsp3) is 0.0455. The molecule has 0 N–H and O–H groups in total. The molecule has 128 valence electrons. The molecule has 3 heterocycles. The first-order valence-electron chi connectivity index (χ1n) is 8.68. The van der Waals surface area contributed by atoms with Gasteiger partial charge in [0.1, 0.15) is 11.7 Å². The van der Waals surface area contributed by atoms with Crippen LogP contribution in [-0.4, -0.2) is 29.7 Å². The van der Waals surface area contributed by atoms with Crippen molar-refractivity contribution in [3.8, 4) is 23.5 Å². The monoisotopic (exact) mass is 348 g/mol. The molecule has 1 aliphatic rings. The second kappa shape index (κ2) is 7.31. The van der Waals surface area contributed by atoms with Crippen molar-refractivity contribution < 1.29 is 0 Å². The van der Waals surface area contributed by atoms with Gasteiger partial charge < -0.3 is 4.81 Å². The van der Waals surface area contributed by atoms with E-state index in [0.29, 0.717) is 0 Å². The number of hydrogen-bond donors (Lipinski definition) is 0. The quantitative estimate of drug-likeness (QED) is 0.309. The Balaban J connectivity index is 2.02. The van der Waals surface area contributed by atoms with E-state index < -0.39 is 0 Å². The molecule has 1 aliphatic heterocycles. The van der Waals surface area contributed by atoms with Gasteiger partial charge in [0.25, 0.3) is 0 Å². The van der Waals surface area contributed by atoms with Crippen molar-refractivity contribution in [2.45, 2.75) is 0 Å². The third kappa shape index (κ3) is 2.92. The zero-order valence-corrected chi connectivity index (χ0v) is 14.9. The molecule has 5 heteroatoms. The molecule has 0 radical (unpaired) electrons. The van der Waals surface area contributed by atoms with E-state index in [0.717, 1.165) is 33.7 Å². The van der Waals surface area contributed by atoms with Gasteiger partial charge in [-0.25, -0.2) is 4.98 Å². The molecule has 4 nitrogen and oxygen atoms in total. The Morgan fingerprint density at radius 2 is 1.96 bits per heavy atom. The molecule has 0 saturated carbocycles. The summed E-state index contributed by atoms with van der Waals surface area (Å²) >= 11 is 0. The van der Waals surface area contributed by atoms with Crippen LogP contribution >= 0.6 is 0 Å². The van der Waals surface area contributed by atoms with Crippen molar-refractivity contribution in [1.29, 1.82) is 0 Å². The summed E-state index contributed by atoms with van der Waals surface area (Å²) in [6, 6.07) is 16.4. The Morgan fingerprint density at radius 3 is 2.74 bits per heavy atom. The van der Waals surface area contributed by atoms with E-state index in [9.17, 15) is 0 Å². The topological polar surface area (TPSA) is 41.4 Å². The molecule has 3 aromatic rings. The molecule has 0 atom stereocenters. The van der Waals surface area contributed by atoms with E-state index in [2.05, 4.69) is 50.0 Å². The fourth-order valence-electron chi connectivity index (χ4n) is 3.52. The summed E-state index contributed by atoms with van der Waals surface area (Å²) in [7, 11) is 1.77. The van der Waals surface area contributed by atoms with Crippen LogP contribution in [0.1, 0.15) is 0 Å². The van der Waals surface area contributed by atoms with Crippen LogP contribution in [-0.2, 0) is 0 Å². The third-order valence-corrected chi connectivity index (χ3v) is 4.63. The minimum Gasteiger partial charge on any atom is -0.346 e. The number of anilines is 1. The largest absolute Gasteiger partial charge is 0.346 e. The number of terminal acetylenes is 1. The van der Waals surface area contributed by atoms with Crippen LogP contribution in [0.4, 0.5) is 5.82 Å². The highest BCUT2D eigenvalue weighted by atomic mass is 15.2. The Kier molecular flexibility index (Phi) is 4.55. The smallest absolute Gasteiger partial charge is 0.331 e. The highest BCUT2D eigenvalue weighted by Gasteiger charge is 2.38. The number of aromatic nitrogens is 2. The molecule has 0 bridgehead atoms. The Labute approximate surface area is 159 Å². The van der Waals surface area contributed by atoms with E-state index in [1.54, 1.807) is 19.3 Å². The maximum atomic E-state index is 5.44. The van der Waals surface area contributed by atoms with Gasteiger partial charge >= 0.3 is 6.85 Å². The fourth-order valence-corrected chi connectivity index (χ4v) is 3.52. The number of amidine groups is 1. The summed E-state index contributed by atoms with van der Waals surface area (Å²) < 4.78 is 0. The van der Waals surface area contributed by atoms with Crippen molar-refractivity contribution >= 4 is 29.4 Å². The Morgan fingerprint density at radius 1 is 1.11 bits per heavy atom. The molecule has 0 spiro atoms. The molecule has 1 aromatic carbocycles. The number of aliphatic imine (C=N–C) groups is 1. The van der Waals surface area contributed by atoms with Crippen LogP contribution < -0.4 is 15.7 Å². The maximum absolute atomic E-state index is 5.44. The van der Waals surface area contributed by atoms with Crippen LogP contribution in [0.5, 0.6) is 0 Å². The summed E-state index contributed by atoms with van der Waals surface area (Å²) in [5, 5.41) is 0. The molecule has 0 fully saturated rings. The molecule has 0 unspecified atom stereocenters. The molecule has 0 saturated heterocycles. The van der Waals surface area contributed by atoms with Crippen molar-refractivity contribution in [1.82, 2.24) is 9.97 Å². The highest BCUT2D eigenvalue weighted by molar-refractivity contribution is 6.92. The number of allylic oxidation sites excluding steroid dienone is 1. The average molecular weight is 348 g/mol. The number of pyridine rings is 2. The van der Waals surface area contributed by atoms with Crippen LogP contribution in [0.3, 0.4) is 0 Å². The van der Waals surface area contributed by atoms with Crippen LogP contribution in [0.15, 0.2) is 84.3 Å². The van der Waals surface area contributed by atoms with Gasteiger partial charge in [-0.2, -0.15) is 0 Å². The van der Waals surface area contributed by atoms with Gasteiger partial charge in [0.05, 0.1) is 0 Å². The molecule has 4 rings (SSSR count). The van der Waals surface area contributed by atoms with Crippen molar-refractivity contribution in [2.24, 2.45) is 4.99 Å². The van der Waals surface area contributed by atoms with E-state index >= 15 is 0 Å². The van der Waals surface area contributed by atoms with Crippen molar-refractivity contribution in [2.75, 3.05) is 11.9 Å². The zero-order chi connectivity index (χ0) is 18.6. The van der Waals surface area contributed by atoms with E-state index in [4.69, 9.17) is 6.42 Å².